The summed E-state index contributed by atoms with van der Waals surface area (Å²) in [5.41, 5.74) is -1.06. The monoisotopic (exact) mass is 234 g/mol. The third kappa shape index (κ3) is 2.41. The molecule has 0 amide bonds. The molecule has 0 aliphatic rings. The van der Waals surface area contributed by atoms with Crippen LogP contribution in [0, 0.1) is 12.7 Å². The Balaban J connectivity index is 3.36. The third-order valence-electron chi connectivity index (χ3n) is 2.07. The van der Waals surface area contributed by atoms with Gasteiger partial charge >= 0.3 is 0 Å². The van der Waals surface area contributed by atoms with Gasteiger partial charge in [-0.15, -0.1) is 0 Å². The summed E-state index contributed by atoms with van der Waals surface area (Å²) in [4.78, 5) is 16.8. The van der Waals surface area contributed by atoms with Crippen molar-refractivity contribution in [3.63, 3.8) is 0 Å². The zero-order valence-electron chi connectivity index (χ0n) is 8.54. The van der Waals surface area contributed by atoms with Crippen molar-refractivity contribution >= 4 is 9.84 Å². The van der Waals surface area contributed by atoms with Crippen LogP contribution in [0.4, 0.5) is 4.39 Å². The van der Waals surface area contributed by atoms with Crippen LogP contribution in [0.1, 0.15) is 23.7 Å². The largest absolute Gasteiger partial charge is 0.307 e. The number of aromatic amines is 1. The summed E-state index contributed by atoms with van der Waals surface area (Å²) in [6.45, 7) is 2.69. The SMILES string of the molecule is Cc1nc(C(C)S(C)(=O)=O)[nH]c(=O)c1F. The molecule has 1 unspecified atom stereocenters. The second kappa shape index (κ2) is 3.73. The number of hydrogen-bond acceptors (Lipinski definition) is 4. The first-order chi connectivity index (χ1) is 6.73. The molecule has 1 aromatic heterocycles. The average Bonchev–Trinajstić information content (AvgIpc) is 2.10. The van der Waals surface area contributed by atoms with E-state index in [0.717, 1.165) is 6.26 Å². The van der Waals surface area contributed by atoms with Gasteiger partial charge in [0.05, 0.1) is 5.69 Å². The number of sulfone groups is 1. The van der Waals surface area contributed by atoms with Crippen molar-refractivity contribution in [3.8, 4) is 0 Å². The number of aromatic nitrogens is 2. The van der Waals surface area contributed by atoms with Crippen molar-refractivity contribution in [3.05, 3.63) is 27.7 Å². The van der Waals surface area contributed by atoms with E-state index in [1.165, 1.54) is 13.8 Å². The highest BCUT2D eigenvalue weighted by Crippen LogP contribution is 2.15. The maximum Gasteiger partial charge on any atom is 0.287 e. The van der Waals surface area contributed by atoms with E-state index in [-0.39, 0.29) is 11.5 Å². The van der Waals surface area contributed by atoms with Gasteiger partial charge in [-0.25, -0.2) is 13.4 Å². The highest BCUT2D eigenvalue weighted by atomic mass is 32.2. The van der Waals surface area contributed by atoms with Crippen LogP contribution in [0.3, 0.4) is 0 Å². The zero-order valence-corrected chi connectivity index (χ0v) is 9.35. The van der Waals surface area contributed by atoms with Crippen LogP contribution < -0.4 is 5.56 Å². The first-order valence-corrected chi connectivity index (χ1v) is 6.14. The maximum absolute atomic E-state index is 12.9. The molecule has 1 aromatic rings. The molecule has 0 bridgehead atoms. The number of halogens is 1. The summed E-state index contributed by atoms with van der Waals surface area (Å²) in [6.07, 6.45) is 1.02. The van der Waals surface area contributed by atoms with E-state index in [9.17, 15) is 17.6 Å². The molecule has 0 aromatic carbocycles. The second-order valence-corrected chi connectivity index (χ2v) is 5.69. The molecule has 0 aliphatic heterocycles. The number of hydrogen-bond donors (Lipinski definition) is 1. The minimum Gasteiger partial charge on any atom is -0.307 e. The minimum atomic E-state index is -3.36. The standard InChI is InChI=1S/C8H11FN2O3S/c1-4-6(9)8(12)11-7(10-4)5(2)15(3,13)14/h5H,1-3H3,(H,10,11,12). The molecular formula is C8H11FN2O3S. The summed E-state index contributed by atoms with van der Waals surface area (Å²) in [6, 6.07) is 0. The number of nitrogens with zero attached hydrogens (tertiary/aromatic N) is 1. The van der Waals surface area contributed by atoms with Crippen LogP contribution in [0.15, 0.2) is 4.79 Å². The lowest BCUT2D eigenvalue weighted by Gasteiger charge is -2.08. The molecule has 1 atom stereocenters. The Morgan fingerprint density at radius 3 is 2.40 bits per heavy atom. The molecule has 0 saturated carbocycles. The highest BCUT2D eigenvalue weighted by molar-refractivity contribution is 7.90. The van der Waals surface area contributed by atoms with E-state index < -0.39 is 26.5 Å². The predicted octanol–water partition coefficient (Wildman–Crippen LogP) is 0.323. The van der Waals surface area contributed by atoms with Gasteiger partial charge < -0.3 is 4.98 Å². The second-order valence-electron chi connectivity index (χ2n) is 3.32. The van der Waals surface area contributed by atoms with E-state index >= 15 is 0 Å². The Labute approximate surface area is 86.3 Å². The summed E-state index contributed by atoms with van der Waals surface area (Å²) < 4.78 is 35.3. The maximum atomic E-state index is 12.9. The lowest BCUT2D eigenvalue weighted by atomic mass is 10.4. The summed E-state index contributed by atoms with van der Waals surface area (Å²) in [7, 11) is -3.36. The van der Waals surface area contributed by atoms with E-state index in [4.69, 9.17) is 0 Å². The molecule has 1 N–H and O–H groups in total. The smallest absolute Gasteiger partial charge is 0.287 e. The lowest BCUT2D eigenvalue weighted by Crippen LogP contribution is -2.21. The molecule has 0 radical (unpaired) electrons. The Morgan fingerprint density at radius 2 is 2.00 bits per heavy atom. The van der Waals surface area contributed by atoms with Crippen molar-refractivity contribution in [1.29, 1.82) is 0 Å². The van der Waals surface area contributed by atoms with Gasteiger partial charge in [0.2, 0.25) is 5.82 Å². The normalized spacial score (nSPS) is 13.9. The lowest BCUT2D eigenvalue weighted by molar-refractivity contribution is 0.571. The van der Waals surface area contributed by atoms with Crippen molar-refractivity contribution in [2.45, 2.75) is 19.1 Å². The van der Waals surface area contributed by atoms with Gasteiger partial charge in [0, 0.05) is 6.26 Å². The Hall–Kier alpha value is -1.24. The van der Waals surface area contributed by atoms with Gasteiger partial charge in [0.25, 0.3) is 5.56 Å². The van der Waals surface area contributed by atoms with Crippen LogP contribution in [-0.2, 0) is 9.84 Å². The van der Waals surface area contributed by atoms with Gasteiger partial charge in [-0.2, -0.15) is 4.39 Å². The van der Waals surface area contributed by atoms with Crippen molar-refractivity contribution in [2.24, 2.45) is 0 Å². The molecule has 0 spiro atoms. The highest BCUT2D eigenvalue weighted by Gasteiger charge is 2.21. The van der Waals surface area contributed by atoms with Crippen molar-refractivity contribution in [1.82, 2.24) is 9.97 Å². The van der Waals surface area contributed by atoms with Crippen LogP contribution in [-0.4, -0.2) is 24.6 Å². The van der Waals surface area contributed by atoms with Gasteiger partial charge in [0.1, 0.15) is 11.1 Å². The zero-order chi connectivity index (χ0) is 11.8. The summed E-state index contributed by atoms with van der Waals surface area (Å²) in [5.74, 6) is -1.03. The van der Waals surface area contributed by atoms with E-state index in [2.05, 4.69) is 9.97 Å². The summed E-state index contributed by atoms with van der Waals surface area (Å²) in [5, 5.41) is -0.954. The van der Waals surface area contributed by atoms with Gasteiger partial charge in [-0.1, -0.05) is 0 Å². The fourth-order valence-corrected chi connectivity index (χ4v) is 1.51. The molecule has 15 heavy (non-hydrogen) atoms. The molecule has 1 rings (SSSR count). The fourth-order valence-electron chi connectivity index (χ4n) is 0.989. The Kier molecular flexibility index (Phi) is 2.94. The number of H-pyrrole nitrogens is 1. The third-order valence-corrected chi connectivity index (χ3v) is 3.58. The number of nitrogens with one attached hydrogen (secondary N) is 1. The van der Waals surface area contributed by atoms with Crippen LogP contribution in [0.5, 0.6) is 0 Å². The van der Waals surface area contributed by atoms with Crippen molar-refractivity contribution < 1.29 is 12.8 Å². The molecule has 1 heterocycles. The van der Waals surface area contributed by atoms with Crippen molar-refractivity contribution in [2.75, 3.05) is 6.26 Å². The molecule has 84 valence electrons. The van der Waals surface area contributed by atoms with Gasteiger partial charge in [-0.05, 0) is 13.8 Å². The first-order valence-electron chi connectivity index (χ1n) is 4.18. The molecule has 5 nitrogen and oxygen atoms in total. The Morgan fingerprint density at radius 1 is 1.47 bits per heavy atom. The Bertz CT molecular complexity index is 535. The predicted molar refractivity (Wildman–Crippen MR) is 52.8 cm³/mol. The van der Waals surface area contributed by atoms with Crippen LogP contribution in [0.2, 0.25) is 0 Å². The first kappa shape index (κ1) is 11.8. The molecule has 0 fully saturated rings. The molecule has 0 aliphatic carbocycles. The minimum absolute atomic E-state index is 0.0404. The fraction of sp³-hybridized carbons (Fsp3) is 0.500. The molecular weight excluding hydrogens is 223 g/mol. The topological polar surface area (TPSA) is 79.9 Å². The number of rotatable bonds is 2. The van der Waals surface area contributed by atoms with Crippen LogP contribution in [0.25, 0.3) is 0 Å². The van der Waals surface area contributed by atoms with E-state index in [1.54, 1.807) is 0 Å². The molecule has 0 saturated heterocycles. The quantitative estimate of drug-likeness (QED) is 0.799. The molecule has 7 heteroatoms. The average molecular weight is 234 g/mol. The van der Waals surface area contributed by atoms with Gasteiger partial charge in [0.15, 0.2) is 9.84 Å². The van der Waals surface area contributed by atoms with E-state index in [1.807, 2.05) is 0 Å². The van der Waals surface area contributed by atoms with Crippen LogP contribution >= 0.6 is 0 Å². The summed E-state index contributed by atoms with van der Waals surface area (Å²) >= 11 is 0. The van der Waals surface area contributed by atoms with E-state index in [0.29, 0.717) is 0 Å². The number of aryl methyl sites for hydroxylation is 1. The van der Waals surface area contributed by atoms with Gasteiger partial charge in [-0.3, -0.25) is 4.79 Å².